The Balaban J connectivity index is 1.28. The molecule has 3 N–H and O–H groups in total. The lowest BCUT2D eigenvalue weighted by Crippen LogP contribution is -2.25. The highest BCUT2D eigenvalue weighted by molar-refractivity contribution is 6.06. The van der Waals surface area contributed by atoms with Gasteiger partial charge in [-0.25, -0.2) is 14.8 Å². The maximum atomic E-state index is 13.1. The van der Waals surface area contributed by atoms with Crippen molar-refractivity contribution in [2.24, 2.45) is 25.9 Å². The Morgan fingerprint density at radius 1 is 1.17 bits per heavy atom. The van der Waals surface area contributed by atoms with Gasteiger partial charge in [0.1, 0.15) is 17.4 Å². The summed E-state index contributed by atoms with van der Waals surface area (Å²) in [6.45, 7) is 0.976. The fourth-order valence-electron chi connectivity index (χ4n) is 4.94. The monoisotopic (exact) mass is 492 g/mol. The number of carboxylic acid groups (broad SMARTS) is 1. The predicted octanol–water partition coefficient (Wildman–Crippen LogP) is 2.65. The van der Waals surface area contributed by atoms with Gasteiger partial charge in [-0.3, -0.25) is 14.2 Å². The zero-order chi connectivity index (χ0) is 25.4. The second-order valence-electron chi connectivity index (χ2n) is 9.42. The molecule has 0 saturated heterocycles. The van der Waals surface area contributed by atoms with Crippen LogP contribution in [0.1, 0.15) is 41.7 Å². The van der Waals surface area contributed by atoms with Crippen molar-refractivity contribution in [3.05, 3.63) is 52.5 Å². The number of carbonyl (C=O) groups excluding carboxylic acids is 1. The summed E-state index contributed by atoms with van der Waals surface area (Å²) < 4.78 is 8.41. The van der Waals surface area contributed by atoms with Crippen LogP contribution >= 0.6 is 0 Å². The summed E-state index contributed by atoms with van der Waals surface area (Å²) >= 11 is 0. The highest BCUT2D eigenvalue weighted by Gasteiger charge is 2.26. The van der Waals surface area contributed by atoms with Crippen molar-refractivity contribution in [3.63, 3.8) is 0 Å². The van der Waals surface area contributed by atoms with E-state index in [1.54, 1.807) is 19.2 Å². The van der Waals surface area contributed by atoms with E-state index < -0.39 is 11.7 Å². The number of fused-ring (bicyclic) bond motifs is 2. The largest absolute Gasteiger partial charge is 0.481 e. The number of nitrogens with zero attached hydrogens (tertiary/aromatic N) is 4. The van der Waals surface area contributed by atoms with E-state index in [2.05, 4.69) is 20.6 Å². The summed E-state index contributed by atoms with van der Waals surface area (Å²) in [7, 11) is 3.48. The van der Waals surface area contributed by atoms with Crippen LogP contribution in [-0.4, -0.2) is 42.6 Å². The van der Waals surface area contributed by atoms with Crippen molar-refractivity contribution in [2.45, 2.75) is 32.2 Å². The van der Waals surface area contributed by atoms with Crippen molar-refractivity contribution in [2.75, 3.05) is 11.9 Å². The van der Waals surface area contributed by atoms with Crippen LogP contribution in [0, 0.1) is 11.8 Å². The first-order valence-electron chi connectivity index (χ1n) is 11.9. The van der Waals surface area contributed by atoms with Gasteiger partial charge < -0.3 is 24.7 Å². The Bertz CT molecular complexity index is 1510. The van der Waals surface area contributed by atoms with Gasteiger partial charge in [0, 0.05) is 33.4 Å². The average molecular weight is 493 g/mol. The second-order valence-corrected chi connectivity index (χ2v) is 9.42. The summed E-state index contributed by atoms with van der Waals surface area (Å²) in [5.41, 5.74) is 4.35. The topological polar surface area (TPSA) is 144 Å². The zero-order valence-corrected chi connectivity index (χ0v) is 20.2. The first-order chi connectivity index (χ1) is 17.3. The van der Waals surface area contributed by atoms with Crippen molar-refractivity contribution >= 4 is 39.7 Å². The lowest BCUT2D eigenvalue weighted by molar-refractivity contribution is -0.143. The Kier molecular flexibility index (Phi) is 6.21. The molecule has 5 rings (SSSR count). The van der Waals surface area contributed by atoms with Gasteiger partial charge in [-0.05, 0) is 49.3 Å². The zero-order valence-electron chi connectivity index (χ0n) is 20.2. The van der Waals surface area contributed by atoms with Crippen molar-refractivity contribution in [1.82, 2.24) is 24.4 Å². The summed E-state index contributed by atoms with van der Waals surface area (Å²) in [6.07, 6.45) is 6.42. The highest BCUT2D eigenvalue weighted by Crippen LogP contribution is 2.30. The second kappa shape index (κ2) is 9.48. The van der Waals surface area contributed by atoms with E-state index in [1.807, 2.05) is 23.9 Å². The summed E-state index contributed by atoms with van der Waals surface area (Å²) in [5.74, 6) is -1.31. The molecule has 1 fully saturated rings. The number of oxazole rings is 1. The molecule has 1 amide bonds. The molecule has 4 aromatic rings. The van der Waals surface area contributed by atoms with Gasteiger partial charge in [-0.2, -0.15) is 0 Å². The lowest BCUT2D eigenvalue weighted by atomic mass is 9.82. The number of aliphatic carboxylic acids is 1. The number of hydrogen-bond donors (Lipinski definition) is 3. The normalized spacial score (nSPS) is 17.9. The number of nitrogens with one attached hydrogen (secondary N) is 2. The molecule has 11 nitrogen and oxygen atoms in total. The number of benzene rings is 1. The van der Waals surface area contributed by atoms with E-state index >= 15 is 0 Å². The van der Waals surface area contributed by atoms with Crippen LogP contribution in [0.15, 0.2) is 39.9 Å². The number of carboxylic acids is 1. The smallest absolute Gasteiger partial charge is 0.419 e. The molecule has 0 bridgehead atoms. The third-order valence-electron chi connectivity index (χ3n) is 7.05. The van der Waals surface area contributed by atoms with Crippen LogP contribution in [-0.2, 0) is 25.4 Å². The van der Waals surface area contributed by atoms with E-state index in [4.69, 9.17) is 4.42 Å². The average Bonchev–Trinajstić information content (AvgIpc) is 3.36. The fourth-order valence-corrected chi connectivity index (χ4v) is 4.94. The third kappa shape index (κ3) is 4.43. The number of amides is 1. The van der Waals surface area contributed by atoms with Gasteiger partial charge in [0.25, 0.3) is 5.91 Å². The number of anilines is 1. The van der Waals surface area contributed by atoms with Crippen LogP contribution < -0.4 is 16.4 Å². The molecule has 36 heavy (non-hydrogen) atoms. The van der Waals surface area contributed by atoms with Gasteiger partial charge in [-0.1, -0.05) is 6.07 Å². The van der Waals surface area contributed by atoms with E-state index in [0.717, 1.165) is 30.6 Å². The molecule has 1 aromatic carbocycles. The van der Waals surface area contributed by atoms with Gasteiger partial charge in [0.2, 0.25) is 0 Å². The lowest BCUT2D eigenvalue weighted by Gasteiger charge is -2.26. The molecule has 3 aromatic heterocycles. The minimum Gasteiger partial charge on any atom is -0.481 e. The first-order valence-corrected chi connectivity index (χ1v) is 11.9. The van der Waals surface area contributed by atoms with Gasteiger partial charge >= 0.3 is 11.7 Å². The molecule has 0 unspecified atom stereocenters. The Hall–Kier alpha value is -4.15. The first kappa shape index (κ1) is 23.6. The van der Waals surface area contributed by atoms with Crippen LogP contribution in [0.3, 0.4) is 0 Å². The predicted molar refractivity (Wildman–Crippen MR) is 133 cm³/mol. The van der Waals surface area contributed by atoms with Crippen LogP contribution in [0.2, 0.25) is 0 Å². The molecule has 0 atom stereocenters. The molecular formula is C25H28N6O5. The Morgan fingerprint density at radius 3 is 2.69 bits per heavy atom. The van der Waals surface area contributed by atoms with Crippen LogP contribution in [0.25, 0.3) is 22.1 Å². The number of aryl methyl sites for hydroxylation is 2. The SMILES string of the molecule is Cn1cc(NCC2CCC(C(=O)O)CC2)c2ncnc(C(=O)NCc3ccc4oc(=O)n(C)c4c3)c21. The number of rotatable bonds is 7. The maximum Gasteiger partial charge on any atom is 0.419 e. The number of carbonyl (C=O) groups is 2. The van der Waals surface area contributed by atoms with Gasteiger partial charge in [0.05, 0.1) is 17.1 Å². The van der Waals surface area contributed by atoms with E-state index in [1.165, 1.54) is 10.9 Å². The molecule has 1 saturated carbocycles. The third-order valence-corrected chi connectivity index (χ3v) is 7.05. The molecule has 188 valence electrons. The molecule has 1 aliphatic rings. The quantitative estimate of drug-likeness (QED) is 0.357. The van der Waals surface area contributed by atoms with E-state index in [0.29, 0.717) is 40.9 Å². The van der Waals surface area contributed by atoms with E-state index in [-0.39, 0.29) is 24.1 Å². The van der Waals surface area contributed by atoms with Gasteiger partial charge in [-0.15, -0.1) is 0 Å². The van der Waals surface area contributed by atoms with Crippen LogP contribution in [0.4, 0.5) is 5.69 Å². The summed E-state index contributed by atoms with van der Waals surface area (Å²) in [6, 6.07) is 5.32. The van der Waals surface area contributed by atoms with E-state index in [9.17, 15) is 19.5 Å². The molecule has 3 heterocycles. The summed E-state index contributed by atoms with van der Waals surface area (Å²) in [5, 5.41) is 15.5. The van der Waals surface area contributed by atoms with Crippen molar-refractivity contribution in [1.29, 1.82) is 0 Å². The Morgan fingerprint density at radius 2 is 1.94 bits per heavy atom. The van der Waals surface area contributed by atoms with Crippen molar-refractivity contribution < 1.29 is 19.1 Å². The molecule has 0 radical (unpaired) electrons. The maximum absolute atomic E-state index is 13.1. The molecular weight excluding hydrogens is 464 g/mol. The molecule has 1 aliphatic carbocycles. The number of aromatic nitrogens is 4. The molecule has 0 spiro atoms. The molecule has 0 aliphatic heterocycles. The highest BCUT2D eigenvalue weighted by atomic mass is 16.4. The van der Waals surface area contributed by atoms with Crippen LogP contribution in [0.5, 0.6) is 0 Å². The Labute approximate surface area is 206 Å². The standard InChI is InChI=1S/C25H28N6O5/c1-30-12-17(26-10-14-3-6-16(7-4-14)24(33)34)20-22(30)21(29-13-28-20)23(32)27-11-15-5-8-19-18(9-15)31(2)25(35)36-19/h5,8-9,12-14,16,26H,3-4,6-7,10-11H2,1-2H3,(H,27,32)(H,33,34). The van der Waals surface area contributed by atoms with Gasteiger partial charge in [0.15, 0.2) is 11.3 Å². The fraction of sp³-hybridized carbons (Fsp3) is 0.400. The summed E-state index contributed by atoms with van der Waals surface area (Å²) in [4.78, 5) is 44.6. The molecule has 11 heteroatoms. The number of hydrogen-bond acceptors (Lipinski definition) is 7. The van der Waals surface area contributed by atoms with Crippen molar-refractivity contribution in [3.8, 4) is 0 Å². The minimum absolute atomic E-state index is 0.235. The minimum atomic E-state index is -0.703.